The second-order valence-corrected chi connectivity index (χ2v) is 2.75. The maximum Gasteiger partial charge on any atom is 0.394 e. The van der Waals surface area contributed by atoms with Crippen molar-refractivity contribution < 1.29 is 22.4 Å². The molecule has 0 heterocycles. The Morgan fingerprint density at radius 1 is 1.33 bits per heavy atom. The second kappa shape index (κ2) is 7.78. The van der Waals surface area contributed by atoms with Crippen LogP contribution in [0.15, 0.2) is 10.1 Å². The lowest BCUT2D eigenvalue weighted by Crippen LogP contribution is -2.26. The zero-order chi connectivity index (χ0) is 12.5. The van der Waals surface area contributed by atoms with Crippen LogP contribution in [0.2, 0.25) is 0 Å². The second-order valence-electron chi connectivity index (χ2n) is 1.85. The number of rotatable bonds is 2. The Kier molecular flexibility index (Phi) is 8.23. The molecule has 0 spiro atoms. The summed E-state index contributed by atoms with van der Waals surface area (Å²) in [5.74, 6) is -0.220. The van der Waals surface area contributed by atoms with Gasteiger partial charge < -0.3 is 22.0 Å². The highest BCUT2D eigenvalue weighted by molar-refractivity contribution is 7.79. The zero-order valence-electron chi connectivity index (χ0n) is 7.86. The maximum absolute atomic E-state index is 8.74. The minimum atomic E-state index is -4.67. The third-order valence-corrected chi connectivity index (χ3v) is 0.531. The molecule has 0 fully saturated rings. The van der Waals surface area contributed by atoms with Crippen LogP contribution in [0, 0.1) is 0 Å². The first-order chi connectivity index (χ1) is 6.66. The van der Waals surface area contributed by atoms with Crippen LogP contribution in [0.4, 0.5) is 0 Å². The fourth-order valence-electron chi connectivity index (χ4n) is 0.283. The number of nitrogens with two attached hydrogens (primary N) is 3. The summed E-state index contributed by atoms with van der Waals surface area (Å²) in [6.45, 7) is 2.20. The summed E-state index contributed by atoms with van der Waals surface area (Å²) in [4.78, 5) is 7.93. The highest BCUT2D eigenvalue weighted by Crippen LogP contribution is 1.75. The van der Waals surface area contributed by atoms with Crippen molar-refractivity contribution >= 4 is 22.3 Å². The number of nitrogens with zero attached hydrogens (tertiary/aromatic N) is 2. The van der Waals surface area contributed by atoms with Gasteiger partial charge in [-0.3, -0.25) is 9.11 Å². The Morgan fingerprint density at radius 2 is 1.73 bits per heavy atom. The van der Waals surface area contributed by atoms with Gasteiger partial charge >= 0.3 is 10.4 Å². The van der Waals surface area contributed by atoms with Gasteiger partial charge in [0.25, 0.3) is 5.96 Å². The van der Waals surface area contributed by atoms with Crippen molar-refractivity contribution in [3.8, 4) is 0 Å². The van der Waals surface area contributed by atoms with Gasteiger partial charge in [-0.25, -0.2) is 0 Å². The molecule has 0 unspecified atom stereocenters. The predicted octanol–water partition coefficient (Wildman–Crippen LogP) is -2.13. The fourth-order valence-corrected chi connectivity index (χ4v) is 0.283. The van der Waals surface area contributed by atoms with E-state index in [-0.39, 0.29) is 11.9 Å². The Bertz CT molecular complexity index is 310. The van der Waals surface area contributed by atoms with Crippen LogP contribution < -0.4 is 17.2 Å². The van der Waals surface area contributed by atoms with Gasteiger partial charge in [0.1, 0.15) is 6.61 Å². The molecule has 0 saturated heterocycles. The molecule has 0 aliphatic heterocycles. The van der Waals surface area contributed by atoms with E-state index in [1.54, 1.807) is 6.92 Å². The molecule has 0 saturated carbocycles. The molecule has 11 heteroatoms. The quantitative estimate of drug-likeness (QED) is 0.157. The van der Waals surface area contributed by atoms with Crippen molar-refractivity contribution in [3.05, 3.63) is 0 Å². The summed E-state index contributed by atoms with van der Waals surface area (Å²) in [5.41, 5.74) is 15.1. The van der Waals surface area contributed by atoms with Gasteiger partial charge in [-0.2, -0.15) is 13.4 Å². The van der Waals surface area contributed by atoms with Crippen LogP contribution in [0.3, 0.4) is 0 Å². The fraction of sp³-hybridized carbons (Fsp3) is 0.500. The van der Waals surface area contributed by atoms with Gasteiger partial charge in [-0.05, 0) is 12.1 Å². The first-order valence-corrected chi connectivity index (χ1v) is 4.81. The molecule has 15 heavy (non-hydrogen) atoms. The van der Waals surface area contributed by atoms with E-state index in [4.69, 9.17) is 34.7 Å². The summed E-state index contributed by atoms with van der Waals surface area (Å²) in [7, 11) is -4.67. The summed E-state index contributed by atoms with van der Waals surface area (Å²) in [5, 5.41) is 3.33. The van der Waals surface area contributed by atoms with Crippen LogP contribution in [-0.4, -0.2) is 36.0 Å². The Hall–Kier alpha value is -1.59. The van der Waals surface area contributed by atoms with E-state index in [2.05, 4.69) is 15.0 Å². The molecule has 0 rings (SSSR count). The van der Waals surface area contributed by atoms with Crippen molar-refractivity contribution in [2.24, 2.45) is 27.3 Å². The van der Waals surface area contributed by atoms with Crippen molar-refractivity contribution in [2.75, 3.05) is 6.61 Å². The lowest BCUT2D eigenvalue weighted by atomic mass is 10.9. The standard InChI is InChI=1S/C4H11N5O.H2O4S/c1-2-10-9-4(7)8-3(5)6;1-5(2,3)4/h2H2,1H3,(H6,5,6,7,8,9);(H2,1,2,3,4). The topological polar surface area (TPSA) is 187 Å². The molecule has 0 radical (unpaired) electrons. The highest BCUT2D eigenvalue weighted by Gasteiger charge is 1.86. The lowest BCUT2D eigenvalue weighted by molar-refractivity contribution is 0.158. The van der Waals surface area contributed by atoms with E-state index in [9.17, 15) is 0 Å². The molecule has 0 aliphatic rings. The molecular formula is C4H13N5O5S. The minimum Gasteiger partial charge on any atom is -0.393 e. The number of guanidine groups is 2. The summed E-state index contributed by atoms with van der Waals surface area (Å²) < 4.78 is 31.6. The number of oxime groups is 1. The molecule has 0 bridgehead atoms. The maximum atomic E-state index is 8.74. The number of hydrogen-bond donors (Lipinski definition) is 5. The van der Waals surface area contributed by atoms with Gasteiger partial charge in [-0.15, -0.1) is 0 Å². The average Bonchev–Trinajstić information content (AvgIpc) is 1.96. The molecule has 0 amide bonds. The Morgan fingerprint density at radius 3 is 2.00 bits per heavy atom. The summed E-state index contributed by atoms with van der Waals surface area (Å²) >= 11 is 0. The van der Waals surface area contributed by atoms with E-state index in [1.807, 2.05) is 0 Å². The Balaban J connectivity index is 0. The van der Waals surface area contributed by atoms with Crippen LogP contribution in [0.5, 0.6) is 0 Å². The van der Waals surface area contributed by atoms with Gasteiger partial charge in [0, 0.05) is 0 Å². The summed E-state index contributed by atoms with van der Waals surface area (Å²) in [6, 6.07) is 0. The third-order valence-electron chi connectivity index (χ3n) is 0.531. The molecule has 90 valence electrons. The van der Waals surface area contributed by atoms with Gasteiger partial charge in [-0.1, -0.05) is 0 Å². The SMILES string of the molecule is CCO/N=C(/N)N=C(N)N.O=S(=O)(O)O. The number of aliphatic imine (C=N–C) groups is 1. The van der Waals surface area contributed by atoms with Crippen molar-refractivity contribution in [2.45, 2.75) is 6.92 Å². The first-order valence-electron chi connectivity index (χ1n) is 3.41. The molecule has 0 aromatic rings. The van der Waals surface area contributed by atoms with E-state index in [1.165, 1.54) is 0 Å². The molecule has 0 aliphatic carbocycles. The van der Waals surface area contributed by atoms with Gasteiger partial charge in [0.05, 0.1) is 0 Å². The number of hydrogen-bond acceptors (Lipinski definition) is 4. The van der Waals surface area contributed by atoms with E-state index >= 15 is 0 Å². The van der Waals surface area contributed by atoms with Gasteiger partial charge in [0.15, 0.2) is 5.96 Å². The average molecular weight is 243 g/mol. The minimum absolute atomic E-state index is 0.0816. The zero-order valence-corrected chi connectivity index (χ0v) is 8.68. The molecule has 0 aromatic heterocycles. The molecular weight excluding hydrogens is 230 g/mol. The van der Waals surface area contributed by atoms with Crippen molar-refractivity contribution in [3.63, 3.8) is 0 Å². The smallest absolute Gasteiger partial charge is 0.393 e. The van der Waals surface area contributed by atoms with Gasteiger partial charge in [0.2, 0.25) is 0 Å². The van der Waals surface area contributed by atoms with Crippen LogP contribution in [0.1, 0.15) is 6.92 Å². The highest BCUT2D eigenvalue weighted by atomic mass is 32.3. The lowest BCUT2D eigenvalue weighted by Gasteiger charge is -1.93. The van der Waals surface area contributed by atoms with Crippen LogP contribution in [0.25, 0.3) is 0 Å². The van der Waals surface area contributed by atoms with Crippen LogP contribution in [-0.2, 0) is 15.2 Å². The van der Waals surface area contributed by atoms with Crippen molar-refractivity contribution in [1.29, 1.82) is 0 Å². The monoisotopic (exact) mass is 243 g/mol. The molecule has 0 atom stereocenters. The first kappa shape index (κ1) is 15.9. The summed E-state index contributed by atoms with van der Waals surface area (Å²) in [6.07, 6.45) is 0. The Labute approximate surface area is 86.3 Å². The normalized spacial score (nSPS) is 11.0. The third kappa shape index (κ3) is 32.7. The van der Waals surface area contributed by atoms with E-state index in [0.29, 0.717) is 6.61 Å². The predicted molar refractivity (Wildman–Crippen MR) is 53.2 cm³/mol. The van der Waals surface area contributed by atoms with E-state index in [0.717, 1.165) is 0 Å². The van der Waals surface area contributed by atoms with Crippen molar-refractivity contribution in [1.82, 2.24) is 0 Å². The molecule has 8 N–H and O–H groups in total. The van der Waals surface area contributed by atoms with E-state index < -0.39 is 10.4 Å². The largest absolute Gasteiger partial charge is 0.394 e. The molecule has 0 aromatic carbocycles. The van der Waals surface area contributed by atoms with Crippen LogP contribution >= 0.6 is 0 Å². The molecule has 10 nitrogen and oxygen atoms in total.